The second kappa shape index (κ2) is 36.5. The van der Waals surface area contributed by atoms with Gasteiger partial charge in [-0.25, -0.2) is 0 Å². The molecule has 0 aromatic rings. The number of hydrogen-bond donors (Lipinski definition) is 1. The number of carbonyl (C=O) groups excluding carboxylic acids is 1. The minimum absolute atomic E-state index is 0.193. The van der Waals surface area contributed by atoms with Crippen LogP contribution in [0.3, 0.4) is 0 Å². The third kappa shape index (κ3) is 34.7. The van der Waals surface area contributed by atoms with Gasteiger partial charge in [-0.15, -0.1) is 0 Å². The summed E-state index contributed by atoms with van der Waals surface area (Å²) in [5.41, 5.74) is 0. The van der Waals surface area contributed by atoms with Crippen LogP contribution in [0.2, 0.25) is 0 Å². The summed E-state index contributed by atoms with van der Waals surface area (Å²) in [5.74, 6) is -0.255. The number of rotatable bonds is 33. The lowest BCUT2D eigenvalue weighted by Crippen LogP contribution is -2.27. The molecule has 0 saturated carbocycles. The molecule has 0 bridgehead atoms. The predicted octanol–water partition coefficient (Wildman–Crippen LogP) is 11.5. The van der Waals surface area contributed by atoms with E-state index in [1.807, 2.05) is 0 Å². The van der Waals surface area contributed by atoms with E-state index >= 15 is 0 Å². The number of unbranched alkanes of at least 4 members (excludes halogenated alkanes) is 17. The summed E-state index contributed by atoms with van der Waals surface area (Å²) in [6, 6.07) is 0. The van der Waals surface area contributed by atoms with Crippen LogP contribution in [0, 0.1) is 0 Å². The van der Waals surface area contributed by atoms with Gasteiger partial charge in [0.1, 0.15) is 6.10 Å². The first-order valence-electron chi connectivity index (χ1n) is 18.2. The van der Waals surface area contributed by atoms with Crippen molar-refractivity contribution in [2.45, 2.75) is 174 Å². The fourth-order valence-corrected chi connectivity index (χ4v) is 4.91. The highest BCUT2D eigenvalue weighted by Crippen LogP contribution is 2.13. The van der Waals surface area contributed by atoms with Gasteiger partial charge in [-0.1, -0.05) is 159 Å². The van der Waals surface area contributed by atoms with E-state index in [1.165, 1.54) is 109 Å². The van der Waals surface area contributed by atoms with Crippen molar-refractivity contribution >= 4 is 5.97 Å². The SMILES string of the molecule is CCCCC/C=C\C/C=C\C/C=C\C/C=C\CCCC(=O)O[C@H](CO)COCCCCCCCCCCCCCCCC. The maximum absolute atomic E-state index is 12.1. The molecule has 0 fully saturated rings. The van der Waals surface area contributed by atoms with Crippen molar-refractivity contribution in [3.05, 3.63) is 48.6 Å². The van der Waals surface area contributed by atoms with Gasteiger partial charge in [0, 0.05) is 13.0 Å². The molecular weight excluding hydrogens is 532 g/mol. The Morgan fingerprint density at radius 3 is 1.47 bits per heavy atom. The van der Waals surface area contributed by atoms with E-state index in [0.717, 1.165) is 38.5 Å². The summed E-state index contributed by atoms with van der Waals surface area (Å²) >= 11 is 0. The van der Waals surface area contributed by atoms with E-state index in [1.54, 1.807) is 0 Å². The summed E-state index contributed by atoms with van der Waals surface area (Å²) in [4.78, 5) is 12.1. The van der Waals surface area contributed by atoms with E-state index in [-0.39, 0.29) is 19.2 Å². The van der Waals surface area contributed by atoms with Gasteiger partial charge in [0.05, 0.1) is 13.2 Å². The van der Waals surface area contributed by atoms with Crippen LogP contribution in [-0.2, 0) is 14.3 Å². The molecule has 1 atom stereocenters. The van der Waals surface area contributed by atoms with Gasteiger partial charge in [-0.3, -0.25) is 4.79 Å². The van der Waals surface area contributed by atoms with Gasteiger partial charge in [0.2, 0.25) is 0 Å². The van der Waals surface area contributed by atoms with Crippen LogP contribution in [-0.4, -0.2) is 37.0 Å². The molecule has 0 spiro atoms. The lowest BCUT2D eigenvalue weighted by atomic mass is 10.0. The molecule has 4 nitrogen and oxygen atoms in total. The van der Waals surface area contributed by atoms with E-state index in [9.17, 15) is 9.90 Å². The minimum atomic E-state index is -0.560. The highest BCUT2D eigenvalue weighted by Gasteiger charge is 2.13. The highest BCUT2D eigenvalue weighted by molar-refractivity contribution is 5.69. The van der Waals surface area contributed by atoms with Gasteiger partial charge in [0.15, 0.2) is 0 Å². The van der Waals surface area contributed by atoms with Crippen molar-refractivity contribution in [1.82, 2.24) is 0 Å². The highest BCUT2D eigenvalue weighted by atomic mass is 16.6. The number of hydrogen-bond acceptors (Lipinski definition) is 4. The molecule has 0 aliphatic rings. The van der Waals surface area contributed by atoms with Crippen LogP contribution in [0.4, 0.5) is 0 Å². The van der Waals surface area contributed by atoms with Crippen LogP contribution in [0.15, 0.2) is 48.6 Å². The first-order chi connectivity index (χ1) is 21.2. The first kappa shape index (κ1) is 41.4. The van der Waals surface area contributed by atoms with E-state index < -0.39 is 6.10 Å². The standard InChI is InChI=1S/C39H70O4/c1-3-5-7-9-11-13-15-17-19-20-21-22-24-26-28-30-32-34-39(41)43-38(36-40)37-42-35-33-31-29-27-25-23-18-16-14-12-10-8-6-4-2/h11,13,17,19,21-22,26,28,38,40H,3-10,12,14-16,18,20,23-25,27,29-37H2,1-2H3/b13-11-,19-17-,22-21-,28-26-/t38-/m1/s1. The average molecular weight is 603 g/mol. The van der Waals surface area contributed by atoms with Crippen molar-refractivity contribution in [2.24, 2.45) is 0 Å². The molecule has 0 rings (SSSR count). The Morgan fingerprint density at radius 2 is 0.977 bits per heavy atom. The van der Waals surface area contributed by atoms with Gasteiger partial charge in [-0.2, -0.15) is 0 Å². The Hall–Kier alpha value is -1.65. The molecule has 250 valence electrons. The molecule has 0 saturated heterocycles. The summed E-state index contributed by atoms with van der Waals surface area (Å²) in [5, 5.41) is 9.54. The molecule has 0 aromatic carbocycles. The molecule has 0 aliphatic carbocycles. The summed E-state index contributed by atoms with van der Waals surface area (Å²) in [6.45, 7) is 5.26. The number of esters is 1. The molecular formula is C39H70O4. The molecule has 0 aromatic heterocycles. The zero-order valence-corrected chi connectivity index (χ0v) is 28.5. The molecule has 43 heavy (non-hydrogen) atoms. The van der Waals surface area contributed by atoms with Crippen LogP contribution in [0.25, 0.3) is 0 Å². The number of carbonyl (C=O) groups is 1. The smallest absolute Gasteiger partial charge is 0.306 e. The maximum Gasteiger partial charge on any atom is 0.306 e. The Bertz CT molecular complexity index is 679. The largest absolute Gasteiger partial charge is 0.457 e. The lowest BCUT2D eigenvalue weighted by molar-refractivity contribution is -0.154. The summed E-state index contributed by atoms with van der Waals surface area (Å²) in [7, 11) is 0. The zero-order valence-electron chi connectivity index (χ0n) is 28.5. The average Bonchev–Trinajstić information content (AvgIpc) is 3.01. The third-order valence-electron chi connectivity index (χ3n) is 7.66. The number of aliphatic hydroxyl groups is 1. The topological polar surface area (TPSA) is 55.8 Å². The monoisotopic (exact) mass is 603 g/mol. The van der Waals surface area contributed by atoms with Gasteiger partial charge < -0.3 is 14.6 Å². The molecule has 4 heteroatoms. The van der Waals surface area contributed by atoms with E-state index in [0.29, 0.717) is 13.0 Å². The molecule has 1 N–H and O–H groups in total. The number of aliphatic hydroxyl groups excluding tert-OH is 1. The number of ether oxygens (including phenoxy) is 2. The molecule has 0 heterocycles. The van der Waals surface area contributed by atoms with Crippen LogP contribution in [0.5, 0.6) is 0 Å². The van der Waals surface area contributed by atoms with E-state index in [2.05, 4.69) is 62.5 Å². The predicted molar refractivity (Wildman–Crippen MR) is 187 cm³/mol. The molecule has 0 radical (unpaired) electrons. The van der Waals surface area contributed by atoms with Crippen LogP contribution < -0.4 is 0 Å². The zero-order chi connectivity index (χ0) is 31.3. The minimum Gasteiger partial charge on any atom is -0.457 e. The van der Waals surface area contributed by atoms with Crippen molar-refractivity contribution in [1.29, 1.82) is 0 Å². The second-order valence-corrected chi connectivity index (χ2v) is 11.9. The Kier molecular flexibility index (Phi) is 35.1. The van der Waals surface area contributed by atoms with Gasteiger partial charge >= 0.3 is 5.97 Å². The van der Waals surface area contributed by atoms with E-state index in [4.69, 9.17) is 9.47 Å². The fraction of sp³-hybridized carbons (Fsp3) is 0.769. The fourth-order valence-electron chi connectivity index (χ4n) is 4.91. The van der Waals surface area contributed by atoms with Gasteiger partial charge in [-0.05, 0) is 51.4 Å². The first-order valence-corrected chi connectivity index (χ1v) is 18.2. The Labute approximate surface area is 267 Å². The number of allylic oxidation sites excluding steroid dienone is 8. The summed E-state index contributed by atoms with van der Waals surface area (Å²) < 4.78 is 11.1. The Morgan fingerprint density at radius 1 is 0.558 bits per heavy atom. The van der Waals surface area contributed by atoms with Crippen LogP contribution >= 0.6 is 0 Å². The van der Waals surface area contributed by atoms with Crippen molar-refractivity contribution < 1.29 is 19.4 Å². The molecule has 0 aliphatic heterocycles. The maximum atomic E-state index is 12.1. The van der Waals surface area contributed by atoms with Gasteiger partial charge in [0.25, 0.3) is 0 Å². The molecule has 0 amide bonds. The normalized spacial score (nSPS) is 12.9. The summed E-state index contributed by atoms with van der Waals surface area (Å²) in [6.07, 6.45) is 45.8. The van der Waals surface area contributed by atoms with Crippen molar-refractivity contribution in [3.8, 4) is 0 Å². The van der Waals surface area contributed by atoms with Crippen LogP contribution in [0.1, 0.15) is 168 Å². The van der Waals surface area contributed by atoms with Crippen molar-refractivity contribution in [3.63, 3.8) is 0 Å². The third-order valence-corrected chi connectivity index (χ3v) is 7.66. The Balaban J connectivity index is 3.56. The molecule has 0 unspecified atom stereocenters. The quantitative estimate of drug-likeness (QED) is 0.0461. The second-order valence-electron chi connectivity index (χ2n) is 11.9. The lowest BCUT2D eigenvalue weighted by Gasteiger charge is -2.15. The van der Waals surface area contributed by atoms with Crippen molar-refractivity contribution in [2.75, 3.05) is 19.8 Å².